The molecule has 0 amide bonds. The Morgan fingerprint density at radius 1 is 1.47 bits per heavy atom. The molecule has 19 heavy (non-hydrogen) atoms. The minimum Gasteiger partial charge on any atom is -0.481 e. The summed E-state index contributed by atoms with van der Waals surface area (Å²) in [5, 5.41) is 17.8. The van der Waals surface area contributed by atoms with E-state index in [4.69, 9.17) is 17.3 Å². The van der Waals surface area contributed by atoms with Gasteiger partial charge in [-0.1, -0.05) is 54.3 Å². The molecule has 1 N–H and O–H groups in total. The first-order chi connectivity index (χ1) is 8.47. The first-order valence-corrected chi connectivity index (χ1v) is 6.61. The van der Waals surface area contributed by atoms with Crippen molar-refractivity contribution < 1.29 is 9.90 Å². The molecule has 1 radical (unpaired) electrons. The second-order valence-electron chi connectivity index (χ2n) is 3.99. The van der Waals surface area contributed by atoms with Gasteiger partial charge in [0.1, 0.15) is 4.75 Å². The molecule has 1 aromatic rings. The number of nitrogens with zero attached hydrogens (tertiary/aromatic N) is 1. The van der Waals surface area contributed by atoms with Crippen LogP contribution in [-0.4, -0.2) is 71.4 Å². The van der Waals surface area contributed by atoms with Crippen molar-refractivity contribution in [2.75, 3.05) is 0 Å². The number of carboxylic acid groups (broad SMARTS) is 1. The molecule has 1 rings (SSSR count). The molecule has 6 heteroatoms. The number of rotatable bonds is 5. The normalized spacial score (nSPS) is 12.6. The van der Waals surface area contributed by atoms with Crippen LogP contribution >= 0.6 is 24.0 Å². The van der Waals surface area contributed by atoms with Crippen LogP contribution in [0.15, 0.2) is 30.3 Å². The fourth-order valence-corrected chi connectivity index (χ4v) is 2.91. The maximum absolute atomic E-state index is 10.6. The first-order valence-electron chi connectivity index (χ1n) is 5.38. The molecule has 0 saturated carbocycles. The van der Waals surface area contributed by atoms with Crippen LogP contribution in [0.2, 0.25) is 0 Å². The fraction of sp³-hybridized carbons (Fsp3) is 0.308. The Morgan fingerprint density at radius 3 is 2.53 bits per heavy atom. The van der Waals surface area contributed by atoms with E-state index < -0.39 is 10.7 Å². The summed E-state index contributed by atoms with van der Waals surface area (Å²) >= 11 is 6.53. The minimum atomic E-state index is -0.900. The zero-order valence-corrected chi connectivity index (χ0v) is 15.7. The van der Waals surface area contributed by atoms with Crippen molar-refractivity contribution in [3.05, 3.63) is 35.9 Å². The Labute approximate surface area is 165 Å². The van der Waals surface area contributed by atoms with Gasteiger partial charge in [-0.05, 0) is 18.9 Å². The molecule has 0 fully saturated rings. The van der Waals surface area contributed by atoms with E-state index >= 15 is 0 Å². The van der Waals surface area contributed by atoms with Gasteiger partial charge in [0.15, 0.2) is 0 Å². The molecule has 1 atom stereocenters. The van der Waals surface area contributed by atoms with Crippen molar-refractivity contribution in [1.82, 2.24) is 0 Å². The first kappa shape index (κ1) is 19.3. The maximum atomic E-state index is 10.6. The molecule has 0 heterocycles. The van der Waals surface area contributed by atoms with Crippen LogP contribution in [0, 0.1) is 11.3 Å². The van der Waals surface area contributed by atoms with Crippen molar-refractivity contribution in [3.63, 3.8) is 0 Å². The van der Waals surface area contributed by atoms with E-state index in [9.17, 15) is 10.1 Å². The van der Waals surface area contributed by atoms with Gasteiger partial charge in [0.25, 0.3) is 0 Å². The largest absolute Gasteiger partial charge is 0.481 e. The zero-order valence-electron chi connectivity index (χ0n) is 10.9. The number of hydrogen-bond donors (Lipinski definition) is 1. The topological polar surface area (TPSA) is 61.1 Å². The SMILES string of the molecule is CC(C#N)(CCC(=O)O)SC(=S)c1ccccc1.[K]. The van der Waals surface area contributed by atoms with Crippen molar-refractivity contribution in [2.24, 2.45) is 0 Å². The van der Waals surface area contributed by atoms with Gasteiger partial charge < -0.3 is 5.11 Å². The molecular weight excluding hydrogens is 305 g/mol. The molecule has 3 nitrogen and oxygen atoms in total. The van der Waals surface area contributed by atoms with Crippen LogP contribution in [0.1, 0.15) is 25.3 Å². The summed E-state index contributed by atoms with van der Waals surface area (Å²) in [5.74, 6) is -0.900. The van der Waals surface area contributed by atoms with Gasteiger partial charge in [-0.2, -0.15) is 5.26 Å². The second kappa shape index (κ2) is 9.24. The number of benzene rings is 1. The maximum Gasteiger partial charge on any atom is 0.303 e. The molecule has 1 unspecified atom stereocenters. The summed E-state index contributed by atoms with van der Waals surface area (Å²) in [6, 6.07) is 11.6. The van der Waals surface area contributed by atoms with E-state index in [0.717, 1.165) is 5.56 Å². The quantitative estimate of drug-likeness (QED) is 0.668. The molecule has 0 spiro atoms. The number of thiocarbonyl (C=S) groups is 1. The molecule has 0 aliphatic heterocycles. The molecule has 0 bridgehead atoms. The predicted molar refractivity (Wildman–Crippen MR) is 82.4 cm³/mol. The van der Waals surface area contributed by atoms with Gasteiger partial charge in [-0.25, -0.2) is 0 Å². The molecule has 1 aromatic carbocycles. The van der Waals surface area contributed by atoms with Gasteiger partial charge in [-0.15, -0.1) is 0 Å². The molecule has 95 valence electrons. The number of hydrogen-bond acceptors (Lipinski definition) is 4. The number of thioether (sulfide) groups is 1. The van der Waals surface area contributed by atoms with Gasteiger partial charge in [0.2, 0.25) is 0 Å². The van der Waals surface area contributed by atoms with E-state index in [1.54, 1.807) is 6.92 Å². The average Bonchev–Trinajstić information content (AvgIpc) is 2.37. The Balaban J connectivity index is 0.00000324. The van der Waals surface area contributed by atoms with Crippen LogP contribution in [0.4, 0.5) is 0 Å². The number of carbonyl (C=O) groups is 1. The molecule has 0 aromatic heterocycles. The van der Waals surface area contributed by atoms with Crippen molar-refractivity contribution in [1.29, 1.82) is 5.26 Å². The average molecular weight is 318 g/mol. The van der Waals surface area contributed by atoms with Crippen LogP contribution in [0.5, 0.6) is 0 Å². The third-order valence-electron chi connectivity index (χ3n) is 2.38. The van der Waals surface area contributed by atoms with Crippen molar-refractivity contribution in [3.8, 4) is 6.07 Å². The molecule has 0 aliphatic carbocycles. The van der Waals surface area contributed by atoms with E-state index in [-0.39, 0.29) is 64.2 Å². The van der Waals surface area contributed by atoms with Gasteiger partial charge >= 0.3 is 5.97 Å². The van der Waals surface area contributed by atoms with Crippen molar-refractivity contribution in [2.45, 2.75) is 24.5 Å². The standard InChI is InChI=1S/C13H13NO2S2.K/c1-13(9-14,8-7-11(15)16)18-12(17)10-5-3-2-4-6-10;/h2-6H,7-8H2,1H3,(H,15,16);. The summed E-state index contributed by atoms with van der Waals surface area (Å²) in [7, 11) is 0. The third-order valence-corrected chi connectivity index (χ3v) is 4.03. The van der Waals surface area contributed by atoms with E-state index in [1.807, 2.05) is 30.3 Å². The number of aliphatic carboxylic acids is 1. The number of carboxylic acids is 1. The van der Waals surface area contributed by atoms with Crippen LogP contribution in [-0.2, 0) is 4.79 Å². The summed E-state index contributed by atoms with van der Waals surface area (Å²) in [6.45, 7) is 1.72. The third kappa shape index (κ3) is 7.00. The van der Waals surface area contributed by atoms with Gasteiger partial charge in [0.05, 0.1) is 10.3 Å². The molecule has 0 saturated heterocycles. The fourth-order valence-electron chi connectivity index (χ4n) is 1.31. The summed E-state index contributed by atoms with van der Waals surface area (Å²) in [5.41, 5.74) is 0.884. The van der Waals surface area contributed by atoms with Gasteiger partial charge in [-0.3, -0.25) is 4.79 Å². The Bertz CT molecular complexity index is 487. The summed E-state index contributed by atoms with van der Waals surface area (Å²) in [6.07, 6.45) is 0.241. The molecular formula is C13H13KNO2S2. The molecule has 0 aliphatic rings. The van der Waals surface area contributed by atoms with E-state index in [2.05, 4.69) is 6.07 Å². The smallest absolute Gasteiger partial charge is 0.303 e. The zero-order chi connectivity index (χ0) is 13.6. The Morgan fingerprint density at radius 2 is 2.05 bits per heavy atom. The van der Waals surface area contributed by atoms with E-state index in [0.29, 0.717) is 4.20 Å². The predicted octanol–water partition coefficient (Wildman–Crippen LogP) is 2.86. The Kier molecular flexibility index (Phi) is 9.36. The van der Waals surface area contributed by atoms with Gasteiger partial charge in [0, 0.05) is 57.8 Å². The summed E-state index contributed by atoms with van der Waals surface area (Å²) < 4.78 is -0.185. The van der Waals surface area contributed by atoms with E-state index in [1.165, 1.54) is 11.8 Å². The van der Waals surface area contributed by atoms with Crippen molar-refractivity contribution >= 4 is 85.5 Å². The summed E-state index contributed by atoms with van der Waals surface area (Å²) in [4.78, 5) is 10.6. The Hall–Kier alpha value is 0.256. The van der Waals surface area contributed by atoms with Crippen LogP contribution in [0.25, 0.3) is 0 Å². The minimum absolute atomic E-state index is 0. The van der Waals surface area contributed by atoms with Crippen LogP contribution in [0.3, 0.4) is 0 Å². The van der Waals surface area contributed by atoms with Crippen LogP contribution < -0.4 is 0 Å². The number of nitriles is 1. The second-order valence-corrected chi connectivity index (χ2v) is 6.17. The monoisotopic (exact) mass is 318 g/mol.